The lowest BCUT2D eigenvalue weighted by Gasteiger charge is -2.10. The first-order chi connectivity index (χ1) is 13.5. The molecule has 1 amide bonds. The van der Waals surface area contributed by atoms with Crippen molar-refractivity contribution in [2.45, 2.75) is 26.9 Å². The van der Waals surface area contributed by atoms with Crippen molar-refractivity contribution in [2.75, 3.05) is 14.2 Å². The second-order valence-corrected chi connectivity index (χ2v) is 6.58. The molecule has 1 aromatic heterocycles. The lowest BCUT2D eigenvalue weighted by atomic mass is 10.1. The Labute approximate surface area is 165 Å². The Hall–Kier alpha value is -3.28. The second-order valence-electron chi connectivity index (χ2n) is 6.58. The van der Waals surface area contributed by atoms with E-state index in [0.29, 0.717) is 30.2 Å². The summed E-state index contributed by atoms with van der Waals surface area (Å²) in [5.41, 5.74) is 4.66. The van der Waals surface area contributed by atoms with Crippen molar-refractivity contribution < 1.29 is 14.3 Å². The first-order valence-corrected chi connectivity index (χ1v) is 9.10. The first kappa shape index (κ1) is 19.5. The van der Waals surface area contributed by atoms with Crippen molar-refractivity contribution in [3.8, 4) is 11.5 Å². The molecule has 28 heavy (non-hydrogen) atoms. The number of hydrogen-bond acceptors (Lipinski definition) is 4. The molecule has 6 nitrogen and oxygen atoms in total. The van der Waals surface area contributed by atoms with E-state index >= 15 is 0 Å². The molecule has 0 aliphatic rings. The van der Waals surface area contributed by atoms with E-state index in [1.807, 2.05) is 36.7 Å². The van der Waals surface area contributed by atoms with Crippen LogP contribution < -0.4 is 14.8 Å². The van der Waals surface area contributed by atoms with Crippen molar-refractivity contribution in [1.82, 2.24) is 15.1 Å². The monoisotopic (exact) mass is 379 g/mol. The Bertz CT molecular complexity index is 942. The van der Waals surface area contributed by atoms with Gasteiger partial charge in [-0.15, -0.1) is 0 Å². The van der Waals surface area contributed by atoms with Gasteiger partial charge in [0, 0.05) is 29.4 Å². The molecule has 0 radical (unpaired) electrons. The molecule has 0 aliphatic carbocycles. The zero-order valence-electron chi connectivity index (χ0n) is 16.7. The fourth-order valence-corrected chi connectivity index (χ4v) is 3.11. The molecule has 0 saturated carbocycles. The number of hydrogen-bond donors (Lipinski definition) is 1. The third kappa shape index (κ3) is 4.34. The number of ether oxygens (including phenoxy) is 2. The van der Waals surface area contributed by atoms with Crippen LogP contribution in [0.4, 0.5) is 0 Å². The van der Waals surface area contributed by atoms with Crippen molar-refractivity contribution >= 4 is 5.91 Å². The Morgan fingerprint density at radius 2 is 1.68 bits per heavy atom. The zero-order chi connectivity index (χ0) is 20.1. The Morgan fingerprint density at radius 1 is 1.04 bits per heavy atom. The number of amides is 1. The fourth-order valence-electron chi connectivity index (χ4n) is 3.11. The van der Waals surface area contributed by atoms with Crippen LogP contribution in [0.15, 0.2) is 48.5 Å². The number of benzene rings is 2. The molecule has 3 rings (SSSR count). The second kappa shape index (κ2) is 8.61. The molecule has 3 aromatic rings. The summed E-state index contributed by atoms with van der Waals surface area (Å²) in [5.74, 6) is 0.965. The van der Waals surface area contributed by atoms with Gasteiger partial charge in [0.15, 0.2) is 0 Å². The SMILES string of the molecule is COc1cc(OC)cc(C(=O)NCc2c(C)nn(Cc3ccccc3)c2C)c1. The van der Waals surface area contributed by atoms with Gasteiger partial charge in [0.25, 0.3) is 5.91 Å². The smallest absolute Gasteiger partial charge is 0.251 e. The number of rotatable bonds is 7. The highest BCUT2D eigenvalue weighted by Gasteiger charge is 2.15. The molecule has 0 fully saturated rings. The minimum absolute atomic E-state index is 0.188. The number of nitrogens with zero attached hydrogens (tertiary/aromatic N) is 2. The number of nitrogens with one attached hydrogen (secondary N) is 1. The molecule has 0 atom stereocenters. The van der Waals surface area contributed by atoms with Crippen molar-refractivity contribution in [3.63, 3.8) is 0 Å². The lowest BCUT2D eigenvalue weighted by Crippen LogP contribution is -2.23. The van der Waals surface area contributed by atoms with Gasteiger partial charge in [0.2, 0.25) is 0 Å². The van der Waals surface area contributed by atoms with Gasteiger partial charge in [-0.1, -0.05) is 30.3 Å². The third-order valence-electron chi connectivity index (χ3n) is 4.75. The summed E-state index contributed by atoms with van der Waals surface area (Å²) in [7, 11) is 3.12. The summed E-state index contributed by atoms with van der Waals surface area (Å²) >= 11 is 0. The normalized spacial score (nSPS) is 10.6. The van der Waals surface area contributed by atoms with Crippen LogP contribution in [0.25, 0.3) is 0 Å². The van der Waals surface area contributed by atoms with E-state index in [1.165, 1.54) is 5.56 Å². The molecule has 6 heteroatoms. The highest BCUT2D eigenvalue weighted by atomic mass is 16.5. The van der Waals surface area contributed by atoms with Crippen LogP contribution in [0.1, 0.15) is 32.9 Å². The highest BCUT2D eigenvalue weighted by molar-refractivity contribution is 5.95. The van der Waals surface area contributed by atoms with Gasteiger partial charge in [-0.2, -0.15) is 5.10 Å². The fraction of sp³-hybridized carbons (Fsp3) is 0.273. The summed E-state index contributed by atoms with van der Waals surface area (Å²) in [6, 6.07) is 15.3. The summed E-state index contributed by atoms with van der Waals surface area (Å²) in [6.45, 7) is 5.10. The maximum absolute atomic E-state index is 12.6. The molecule has 0 unspecified atom stereocenters. The summed E-state index contributed by atoms with van der Waals surface area (Å²) in [4.78, 5) is 12.6. The van der Waals surface area contributed by atoms with Crippen molar-refractivity contribution in [3.05, 3.63) is 76.6 Å². The third-order valence-corrected chi connectivity index (χ3v) is 4.75. The Morgan fingerprint density at radius 3 is 2.29 bits per heavy atom. The first-order valence-electron chi connectivity index (χ1n) is 9.10. The van der Waals surface area contributed by atoms with E-state index in [-0.39, 0.29) is 5.91 Å². The van der Waals surface area contributed by atoms with E-state index in [0.717, 1.165) is 17.0 Å². The number of aryl methyl sites for hydroxylation is 1. The minimum Gasteiger partial charge on any atom is -0.497 e. The quantitative estimate of drug-likeness (QED) is 0.682. The standard InChI is InChI=1S/C22H25N3O3/c1-15-21(16(2)25(24-15)14-17-8-6-5-7-9-17)13-23-22(26)18-10-19(27-3)12-20(11-18)28-4/h5-12H,13-14H2,1-4H3,(H,23,26). The van der Waals surface area contributed by atoms with Crippen molar-refractivity contribution in [1.29, 1.82) is 0 Å². The van der Waals surface area contributed by atoms with Crippen molar-refractivity contribution in [2.24, 2.45) is 0 Å². The van der Waals surface area contributed by atoms with Crippen LogP contribution in [0.5, 0.6) is 11.5 Å². The number of carbonyl (C=O) groups is 1. The molecule has 0 bridgehead atoms. The van der Waals surface area contributed by atoms with Gasteiger partial charge < -0.3 is 14.8 Å². The molecule has 1 N–H and O–H groups in total. The number of methoxy groups -OCH3 is 2. The van der Waals surface area contributed by atoms with E-state index in [9.17, 15) is 4.79 Å². The number of aromatic nitrogens is 2. The maximum Gasteiger partial charge on any atom is 0.251 e. The van der Waals surface area contributed by atoms with Crippen LogP contribution >= 0.6 is 0 Å². The van der Waals surface area contributed by atoms with Crippen LogP contribution in [0.2, 0.25) is 0 Å². The van der Waals surface area contributed by atoms with E-state index in [4.69, 9.17) is 9.47 Å². The Kier molecular flexibility index (Phi) is 5.99. The highest BCUT2D eigenvalue weighted by Crippen LogP contribution is 2.22. The summed E-state index contributed by atoms with van der Waals surface area (Å²) in [6.07, 6.45) is 0. The largest absolute Gasteiger partial charge is 0.497 e. The molecule has 2 aromatic carbocycles. The molecular formula is C22H25N3O3. The Balaban J connectivity index is 1.73. The van der Waals surface area contributed by atoms with Gasteiger partial charge in [0.05, 0.1) is 26.5 Å². The molecule has 1 heterocycles. The van der Waals surface area contributed by atoms with Gasteiger partial charge >= 0.3 is 0 Å². The van der Waals surface area contributed by atoms with Gasteiger partial charge in [-0.3, -0.25) is 9.48 Å². The maximum atomic E-state index is 12.6. The minimum atomic E-state index is -0.188. The average Bonchev–Trinajstić information content (AvgIpc) is 2.99. The predicted octanol–water partition coefficient (Wildman–Crippen LogP) is 3.50. The van der Waals surface area contributed by atoms with Crippen LogP contribution in [-0.4, -0.2) is 29.9 Å². The summed E-state index contributed by atoms with van der Waals surface area (Å²) in [5, 5.41) is 7.61. The van der Waals surface area contributed by atoms with E-state index in [2.05, 4.69) is 22.5 Å². The number of carbonyl (C=O) groups excluding carboxylic acids is 1. The summed E-state index contributed by atoms with van der Waals surface area (Å²) < 4.78 is 12.4. The van der Waals surface area contributed by atoms with Gasteiger partial charge in [0.1, 0.15) is 11.5 Å². The lowest BCUT2D eigenvalue weighted by molar-refractivity contribution is 0.0950. The molecule has 0 spiro atoms. The van der Waals surface area contributed by atoms with E-state index < -0.39 is 0 Å². The van der Waals surface area contributed by atoms with E-state index in [1.54, 1.807) is 32.4 Å². The van der Waals surface area contributed by atoms with Crippen LogP contribution in [-0.2, 0) is 13.1 Å². The molecule has 0 saturated heterocycles. The molecule has 0 aliphatic heterocycles. The predicted molar refractivity (Wildman–Crippen MR) is 108 cm³/mol. The van der Waals surface area contributed by atoms with Gasteiger partial charge in [-0.25, -0.2) is 0 Å². The molecular weight excluding hydrogens is 354 g/mol. The topological polar surface area (TPSA) is 65.4 Å². The van der Waals surface area contributed by atoms with Crippen LogP contribution in [0.3, 0.4) is 0 Å². The molecule has 146 valence electrons. The average molecular weight is 379 g/mol. The van der Waals surface area contributed by atoms with Gasteiger partial charge in [-0.05, 0) is 31.5 Å². The zero-order valence-corrected chi connectivity index (χ0v) is 16.7. The van der Waals surface area contributed by atoms with Crippen LogP contribution in [0, 0.1) is 13.8 Å².